The fourth-order valence-electron chi connectivity index (χ4n) is 2.21. The number of pyridine rings is 1. The zero-order chi connectivity index (χ0) is 15.4. The molecule has 1 aromatic heterocycles. The zero-order valence-corrected chi connectivity index (χ0v) is 12.2. The molecule has 1 heterocycles. The lowest BCUT2D eigenvalue weighted by Crippen LogP contribution is -2.20. The predicted molar refractivity (Wildman–Crippen MR) is 87.0 cm³/mol. The molecule has 0 aliphatic rings. The molecule has 2 aromatic carbocycles. The second-order valence-electron chi connectivity index (χ2n) is 5.09. The first-order valence-corrected chi connectivity index (χ1v) is 7.04. The van der Waals surface area contributed by atoms with Crippen LogP contribution in [0.1, 0.15) is 5.56 Å². The van der Waals surface area contributed by atoms with Crippen molar-refractivity contribution in [2.75, 3.05) is 11.9 Å². The first-order valence-electron chi connectivity index (χ1n) is 7.04. The van der Waals surface area contributed by atoms with E-state index in [9.17, 15) is 4.79 Å². The molecule has 0 saturated heterocycles. The van der Waals surface area contributed by atoms with Crippen LogP contribution in [0.3, 0.4) is 0 Å². The van der Waals surface area contributed by atoms with Gasteiger partial charge in [-0.2, -0.15) is 0 Å². The quantitative estimate of drug-likeness (QED) is 0.800. The number of hydrogen-bond donors (Lipinski definition) is 1. The minimum Gasteiger partial charge on any atom is -0.484 e. The Morgan fingerprint density at radius 2 is 2.05 bits per heavy atom. The minimum atomic E-state index is -0.185. The molecule has 1 N–H and O–H groups in total. The maximum Gasteiger partial charge on any atom is 0.262 e. The van der Waals surface area contributed by atoms with E-state index in [1.165, 1.54) is 0 Å². The van der Waals surface area contributed by atoms with Crippen molar-refractivity contribution in [3.8, 4) is 5.75 Å². The van der Waals surface area contributed by atoms with Crippen LogP contribution in [0, 0.1) is 6.92 Å². The molecular weight excluding hydrogens is 276 g/mol. The van der Waals surface area contributed by atoms with Gasteiger partial charge in [0, 0.05) is 23.5 Å². The van der Waals surface area contributed by atoms with Crippen molar-refractivity contribution in [2.24, 2.45) is 0 Å². The second-order valence-corrected chi connectivity index (χ2v) is 5.09. The SMILES string of the molecule is Cc1cccc(OCC(=O)Nc2ccc3cnccc3c2)c1. The summed E-state index contributed by atoms with van der Waals surface area (Å²) in [6.45, 7) is 1.97. The van der Waals surface area contributed by atoms with Crippen LogP contribution in [0.25, 0.3) is 10.8 Å². The third kappa shape index (κ3) is 3.41. The van der Waals surface area contributed by atoms with E-state index in [1.807, 2.05) is 55.5 Å². The van der Waals surface area contributed by atoms with Crippen LogP contribution in [0.4, 0.5) is 5.69 Å². The van der Waals surface area contributed by atoms with E-state index in [1.54, 1.807) is 12.4 Å². The molecule has 0 unspecified atom stereocenters. The smallest absolute Gasteiger partial charge is 0.262 e. The number of anilines is 1. The van der Waals surface area contributed by atoms with Crippen molar-refractivity contribution < 1.29 is 9.53 Å². The van der Waals surface area contributed by atoms with E-state index in [4.69, 9.17) is 4.74 Å². The van der Waals surface area contributed by atoms with Gasteiger partial charge in [0.1, 0.15) is 5.75 Å². The summed E-state index contributed by atoms with van der Waals surface area (Å²) in [5.41, 5.74) is 1.84. The largest absolute Gasteiger partial charge is 0.484 e. The molecule has 0 saturated carbocycles. The van der Waals surface area contributed by atoms with Crippen LogP contribution < -0.4 is 10.1 Å². The van der Waals surface area contributed by atoms with E-state index in [0.717, 1.165) is 22.0 Å². The highest BCUT2D eigenvalue weighted by molar-refractivity contribution is 5.94. The lowest BCUT2D eigenvalue weighted by Gasteiger charge is -2.08. The number of carbonyl (C=O) groups is 1. The number of benzene rings is 2. The molecule has 3 rings (SSSR count). The molecular formula is C18H16N2O2. The molecule has 3 aromatic rings. The standard InChI is InChI=1S/C18H16N2O2/c1-13-3-2-4-17(9-13)22-12-18(21)20-16-6-5-15-11-19-8-7-14(15)10-16/h2-11H,12H2,1H3,(H,20,21). The summed E-state index contributed by atoms with van der Waals surface area (Å²) in [4.78, 5) is 16.0. The highest BCUT2D eigenvalue weighted by atomic mass is 16.5. The summed E-state index contributed by atoms with van der Waals surface area (Å²) < 4.78 is 5.49. The Morgan fingerprint density at radius 3 is 2.91 bits per heavy atom. The van der Waals surface area contributed by atoms with Gasteiger partial charge in [0.2, 0.25) is 0 Å². The molecule has 4 nitrogen and oxygen atoms in total. The number of nitrogens with one attached hydrogen (secondary N) is 1. The number of hydrogen-bond acceptors (Lipinski definition) is 3. The van der Waals surface area contributed by atoms with Crippen LogP contribution in [0.15, 0.2) is 60.9 Å². The number of aryl methyl sites for hydroxylation is 1. The Balaban J connectivity index is 1.63. The molecule has 0 aliphatic carbocycles. The van der Waals surface area contributed by atoms with Crippen LogP contribution >= 0.6 is 0 Å². The van der Waals surface area contributed by atoms with Crippen molar-refractivity contribution in [2.45, 2.75) is 6.92 Å². The van der Waals surface area contributed by atoms with Gasteiger partial charge in [0.15, 0.2) is 6.61 Å². The van der Waals surface area contributed by atoms with Crippen LogP contribution in [0.5, 0.6) is 5.75 Å². The van der Waals surface area contributed by atoms with Gasteiger partial charge in [0.25, 0.3) is 5.91 Å². The summed E-state index contributed by atoms with van der Waals surface area (Å²) >= 11 is 0. The van der Waals surface area contributed by atoms with Gasteiger partial charge in [-0.05, 0) is 48.2 Å². The van der Waals surface area contributed by atoms with Gasteiger partial charge in [-0.1, -0.05) is 18.2 Å². The average Bonchev–Trinajstić information content (AvgIpc) is 2.53. The summed E-state index contributed by atoms with van der Waals surface area (Å²) in [5.74, 6) is 0.509. The van der Waals surface area contributed by atoms with Crippen molar-refractivity contribution in [3.63, 3.8) is 0 Å². The fraction of sp³-hybridized carbons (Fsp3) is 0.111. The Bertz CT molecular complexity index is 815. The maximum absolute atomic E-state index is 12.0. The topological polar surface area (TPSA) is 51.2 Å². The van der Waals surface area contributed by atoms with Gasteiger partial charge < -0.3 is 10.1 Å². The number of rotatable bonds is 4. The first kappa shape index (κ1) is 14.1. The van der Waals surface area contributed by atoms with Gasteiger partial charge in [-0.15, -0.1) is 0 Å². The molecule has 0 spiro atoms. The molecule has 4 heteroatoms. The summed E-state index contributed by atoms with van der Waals surface area (Å²) in [6.07, 6.45) is 3.52. The van der Waals surface area contributed by atoms with Gasteiger partial charge in [0.05, 0.1) is 0 Å². The number of carbonyl (C=O) groups excluding carboxylic acids is 1. The van der Waals surface area contributed by atoms with Crippen molar-refractivity contribution in [3.05, 3.63) is 66.5 Å². The Kier molecular flexibility index (Phi) is 4.01. The number of amides is 1. The van der Waals surface area contributed by atoms with Crippen molar-refractivity contribution in [1.82, 2.24) is 4.98 Å². The van der Waals surface area contributed by atoms with Crippen molar-refractivity contribution >= 4 is 22.4 Å². The Hall–Kier alpha value is -2.88. The third-order valence-corrected chi connectivity index (χ3v) is 3.28. The first-order chi connectivity index (χ1) is 10.7. The zero-order valence-electron chi connectivity index (χ0n) is 12.2. The highest BCUT2D eigenvalue weighted by Crippen LogP contribution is 2.18. The molecule has 0 bridgehead atoms. The second kappa shape index (κ2) is 6.26. The van der Waals surface area contributed by atoms with E-state index in [0.29, 0.717) is 5.75 Å². The average molecular weight is 292 g/mol. The number of nitrogens with zero attached hydrogens (tertiary/aromatic N) is 1. The predicted octanol–water partition coefficient (Wildman–Crippen LogP) is 3.56. The van der Waals surface area contributed by atoms with E-state index >= 15 is 0 Å². The highest BCUT2D eigenvalue weighted by Gasteiger charge is 2.04. The van der Waals surface area contributed by atoms with E-state index in [-0.39, 0.29) is 12.5 Å². The van der Waals surface area contributed by atoms with E-state index in [2.05, 4.69) is 10.3 Å². The third-order valence-electron chi connectivity index (χ3n) is 3.28. The molecule has 22 heavy (non-hydrogen) atoms. The molecule has 0 aliphatic heterocycles. The van der Waals surface area contributed by atoms with Gasteiger partial charge >= 0.3 is 0 Å². The lowest BCUT2D eigenvalue weighted by molar-refractivity contribution is -0.118. The minimum absolute atomic E-state index is 0.0160. The van der Waals surface area contributed by atoms with Crippen LogP contribution in [0.2, 0.25) is 0 Å². The molecule has 1 amide bonds. The molecule has 0 fully saturated rings. The number of aromatic nitrogens is 1. The normalized spacial score (nSPS) is 10.4. The van der Waals surface area contributed by atoms with Gasteiger partial charge in [-0.3, -0.25) is 9.78 Å². The van der Waals surface area contributed by atoms with Crippen LogP contribution in [-0.2, 0) is 4.79 Å². The lowest BCUT2D eigenvalue weighted by atomic mass is 10.1. The molecule has 0 radical (unpaired) electrons. The Labute approximate surface area is 128 Å². The molecule has 110 valence electrons. The van der Waals surface area contributed by atoms with Gasteiger partial charge in [-0.25, -0.2) is 0 Å². The number of ether oxygens (including phenoxy) is 1. The monoisotopic (exact) mass is 292 g/mol. The Morgan fingerprint density at radius 1 is 1.14 bits per heavy atom. The molecule has 0 atom stereocenters. The van der Waals surface area contributed by atoms with Crippen LogP contribution in [-0.4, -0.2) is 17.5 Å². The summed E-state index contributed by atoms with van der Waals surface area (Å²) in [6, 6.07) is 15.2. The van der Waals surface area contributed by atoms with E-state index < -0.39 is 0 Å². The van der Waals surface area contributed by atoms with Crippen molar-refractivity contribution in [1.29, 1.82) is 0 Å². The fourth-order valence-corrected chi connectivity index (χ4v) is 2.21. The summed E-state index contributed by atoms with van der Waals surface area (Å²) in [5, 5.41) is 4.91. The number of fused-ring (bicyclic) bond motifs is 1. The summed E-state index contributed by atoms with van der Waals surface area (Å²) in [7, 11) is 0. The maximum atomic E-state index is 12.0.